The third kappa shape index (κ3) is 3.58. The predicted octanol–water partition coefficient (Wildman–Crippen LogP) is 1.49. The quantitative estimate of drug-likeness (QED) is 0.786. The lowest BCUT2D eigenvalue weighted by Gasteiger charge is -2.14. The third-order valence-corrected chi connectivity index (χ3v) is 2.01. The topological polar surface area (TPSA) is 56.1 Å². The molecular formula is C11H12FN3O. The van der Waals surface area contributed by atoms with Crippen LogP contribution in [0.5, 0.6) is 0 Å². The fourth-order valence-electron chi connectivity index (χ4n) is 1.09. The Morgan fingerprint density at radius 2 is 2.12 bits per heavy atom. The average molecular weight is 221 g/mol. The van der Waals surface area contributed by atoms with E-state index in [4.69, 9.17) is 5.26 Å². The van der Waals surface area contributed by atoms with Crippen molar-refractivity contribution in [2.24, 2.45) is 0 Å². The molecule has 1 N–H and O–H groups in total. The maximum absolute atomic E-state index is 12.6. The molecule has 4 nitrogen and oxygen atoms in total. The van der Waals surface area contributed by atoms with Crippen LogP contribution in [0.1, 0.15) is 5.56 Å². The second kappa shape index (κ2) is 5.71. The first-order valence-corrected chi connectivity index (χ1v) is 4.74. The maximum atomic E-state index is 12.6. The standard InChI is InChI=1S/C11H12FN3O/c1-15(7-6-13)11(16)14-8-9-2-4-10(12)5-3-9/h2-5H,7-8H2,1H3,(H,14,16). The molecule has 5 heteroatoms. The minimum atomic E-state index is -0.328. The van der Waals surface area contributed by atoms with Gasteiger partial charge in [0.15, 0.2) is 0 Å². The van der Waals surface area contributed by atoms with Gasteiger partial charge in [0.25, 0.3) is 0 Å². The van der Waals surface area contributed by atoms with Gasteiger partial charge >= 0.3 is 6.03 Å². The summed E-state index contributed by atoms with van der Waals surface area (Å²) in [6.45, 7) is 0.351. The van der Waals surface area contributed by atoms with Crippen LogP contribution in [-0.2, 0) is 6.54 Å². The molecule has 0 unspecified atom stereocenters. The summed E-state index contributed by atoms with van der Waals surface area (Å²) in [5, 5.41) is 11.0. The van der Waals surface area contributed by atoms with Crippen molar-refractivity contribution in [2.75, 3.05) is 13.6 Å². The number of benzene rings is 1. The zero-order chi connectivity index (χ0) is 12.0. The highest BCUT2D eigenvalue weighted by Gasteiger charge is 2.06. The van der Waals surface area contributed by atoms with E-state index in [-0.39, 0.29) is 18.4 Å². The first-order chi connectivity index (χ1) is 7.63. The monoisotopic (exact) mass is 221 g/mol. The lowest BCUT2D eigenvalue weighted by molar-refractivity contribution is 0.213. The zero-order valence-electron chi connectivity index (χ0n) is 8.90. The van der Waals surface area contributed by atoms with Crippen molar-refractivity contribution < 1.29 is 9.18 Å². The molecule has 0 aliphatic rings. The molecule has 0 heterocycles. The smallest absolute Gasteiger partial charge is 0.318 e. The number of rotatable bonds is 3. The van der Waals surface area contributed by atoms with Crippen LogP contribution in [0.2, 0.25) is 0 Å². The Morgan fingerprint density at radius 3 is 2.69 bits per heavy atom. The van der Waals surface area contributed by atoms with Crippen molar-refractivity contribution in [3.05, 3.63) is 35.6 Å². The molecule has 0 fully saturated rings. The van der Waals surface area contributed by atoms with Gasteiger partial charge in [0, 0.05) is 13.6 Å². The summed E-state index contributed by atoms with van der Waals surface area (Å²) in [6, 6.07) is 7.40. The molecular weight excluding hydrogens is 209 g/mol. The molecule has 0 aliphatic carbocycles. The van der Waals surface area contributed by atoms with Crippen LogP contribution in [0, 0.1) is 17.1 Å². The van der Waals surface area contributed by atoms with Gasteiger partial charge in [-0.15, -0.1) is 0 Å². The number of carbonyl (C=O) groups excluding carboxylic acids is 1. The first kappa shape index (κ1) is 12.0. The van der Waals surface area contributed by atoms with Gasteiger partial charge < -0.3 is 10.2 Å². The van der Waals surface area contributed by atoms with E-state index in [0.717, 1.165) is 5.56 Å². The summed E-state index contributed by atoms with van der Waals surface area (Å²) in [7, 11) is 1.53. The van der Waals surface area contributed by atoms with Gasteiger partial charge in [-0.25, -0.2) is 9.18 Å². The molecule has 16 heavy (non-hydrogen) atoms. The number of nitrogens with zero attached hydrogens (tertiary/aromatic N) is 2. The van der Waals surface area contributed by atoms with Gasteiger partial charge in [0.2, 0.25) is 0 Å². The second-order valence-electron chi connectivity index (χ2n) is 3.30. The summed E-state index contributed by atoms with van der Waals surface area (Å²) in [5.74, 6) is -0.309. The minimum absolute atomic E-state index is 0.0370. The van der Waals surface area contributed by atoms with Crippen molar-refractivity contribution >= 4 is 6.03 Å². The van der Waals surface area contributed by atoms with Crippen LogP contribution < -0.4 is 5.32 Å². The number of carbonyl (C=O) groups is 1. The van der Waals surface area contributed by atoms with Crippen molar-refractivity contribution in [1.29, 1.82) is 5.26 Å². The Morgan fingerprint density at radius 1 is 1.50 bits per heavy atom. The number of halogens is 1. The molecule has 2 amide bonds. The Labute approximate surface area is 93.3 Å². The van der Waals surface area contributed by atoms with E-state index in [1.165, 1.54) is 24.1 Å². The fraction of sp³-hybridized carbons (Fsp3) is 0.273. The largest absolute Gasteiger partial charge is 0.334 e. The highest BCUT2D eigenvalue weighted by molar-refractivity contribution is 5.74. The fourth-order valence-corrected chi connectivity index (χ4v) is 1.09. The molecule has 0 saturated carbocycles. The number of amides is 2. The molecule has 1 aromatic carbocycles. The van der Waals surface area contributed by atoms with Gasteiger partial charge in [-0.05, 0) is 17.7 Å². The normalized spacial score (nSPS) is 9.31. The average Bonchev–Trinajstić information content (AvgIpc) is 2.28. The SMILES string of the molecule is CN(CC#N)C(=O)NCc1ccc(F)cc1. The predicted molar refractivity (Wildman–Crippen MR) is 56.9 cm³/mol. The van der Waals surface area contributed by atoms with E-state index in [2.05, 4.69) is 5.32 Å². The summed E-state index contributed by atoms with van der Waals surface area (Å²) in [4.78, 5) is 12.6. The lowest BCUT2D eigenvalue weighted by atomic mass is 10.2. The number of hydrogen-bond acceptors (Lipinski definition) is 2. The van der Waals surface area contributed by atoms with E-state index in [0.29, 0.717) is 6.54 Å². The van der Waals surface area contributed by atoms with Gasteiger partial charge in [-0.2, -0.15) is 5.26 Å². The maximum Gasteiger partial charge on any atom is 0.318 e. The molecule has 0 spiro atoms. The van der Waals surface area contributed by atoms with Crippen molar-refractivity contribution in [3.8, 4) is 6.07 Å². The molecule has 0 radical (unpaired) electrons. The lowest BCUT2D eigenvalue weighted by Crippen LogP contribution is -2.36. The van der Waals surface area contributed by atoms with Crippen LogP contribution in [0.3, 0.4) is 0 Å². The van der Waals surface area contributed by atoms with E-state index in [1.807, 2.05) is 6.07 Å². The zero-order valence-corrected chi connectivity index (χ0v) is 8.90. The Balaban J connectivity index is 2.43. The molecule has 0 aromatic heterocycles. The van der Waals surface area contributed by atoms with Gasteiger partial charge in [-0.1, -0.05) is 12.1 Å². The number of nitrogens with one attached hydrogen (secondary N) is 1. The van der Waals surface area contributed by atoms with E-state index < -0.39 is 0 Å². The van der Waals surface area contributed by atoms with E-state index in [1.54, 1.807) is 12.1 Å². The summed E-state index contributed by atoms with van der Waals surface area (Å²) in [5.41, 5.74) is 0.806. The van der Waals surface area contributed by atoms with Gasteiger partial charge in [0.05, 0.1) is 6.07 Å². The molecule has 84 valence electrons. The second-order valence-corrected chi connectivity index (χ2v) is 3.30. The molecule has 0 bridgehead atoms. The third-order valence-electron chi connectivity index (χ3n) is 2.01. The number of urea groups is 1. The Bertz CT molecular complexity index is 397. The summed E-state index contributed by atoms with van der Waals surface area (Å²) in [6.07, 6.45) is 0. The van der Waals surface area contributed by atoms with Crippen molar-refractivity contribution in [2.45, 2.75) is 6.54 Å². The summed E-state index contributed by atoms with van der Waals surface area (Å²) >= 11 is 0. The van der Waals surface area contributed by atoms with Crippen LogP contribution in [0.25, 0.3) is 0 Å². The highest BCUT2D eigenvalue weighted by Crippen LogP contribution is 2.02. The van der Waals surface area contributed by atoms with E-state index in [9.17, 15) is 9.18 Å². The molecule has 0 aliphatic heterocycles. The Kier molecular flexibility index (Phi) is 4.28. The van der Waals surface area contributed by atoms with Crippen LogP contribution in [-0.4, -0.2) is 24.5 Å². The van der Waals surface area contributed by atoms with Crippen molar-refractivity contribution in [1.82, 2.24) is 10.2 Å². The van der Waals surface area contributed by atoms with E-state index >= 15 is 0 Å². The van der Waals surface area contributed by atoms with Crippen LogP contribution in [0.4, 0.5) is 9.18 Å². The number of hydrogen-bond donors (Lipinski definition) is 1. The first-order valence-electron chi connectivity index (χ1n) is 4.74. The van der Waals surface area contributed by atoms with Crippen molar-refractivity contribution in [3.63, 3.8) is 0 Å². The Hall–Kier alpha value is -2.09. The number of nitriles is 1. The molecule has 0 saturated heterocycles. The van der Waals surface area contributed by atoms with Gasteiger partial charge in [0.1, 0.15) is 12.4 Å². The summed E-state index contributed by atoms with van der Waals surface area (Å²) < 4.78 is 12.6. The highest BCUT2D eigenvalue weighted by atomic mass is 19.1. The molecule has 0 atom stereocenters. The van der Waals surface area contributed by atoms with Crippen LogP contribution in [0.15, 0.2) is 24.3 Å². The molecule has 1 rings (SSSR count). The van der Waals surface area contributed by atoms with Gasteiger partial charge in [-0.3, -0.25) is 0 Å². The van der Waals surface area contributed by atoms with Crippen LogP contribution >= 0.6 is 0 Å². The molecule has 1 aromatic rings. The minimum Gasteiger partial charge on any atom is -0.334 e.